The summed E-state index contributed by atoms with van der Waals surface area (Å²) in [7, 11) is 0. The zero-order valence-electron chi connectivity index (χ0n) is 8.23. The first kappa shape index (κ1) is 7.41. The van der Waals surface area contributed by atoms with Gasteiger partial charge in [0.1, 0.15) is 0 Å². The molecule has 0 aromatic carbocycles. The standard InChI is InChI=1S/C12H20/c1-11(5-6-11)7-8-12-4-2-3-10(12)9-12/h10H,2-9H2,1H3. The molecular weight excluding hydrogens is 144 g/mol. The maximum atomic E-state index is 2.48. The Hall–Kier alpha value is 0. The van der Waals surface area contributed by atoms with E-state index in [1.54, 1.807) is 38.5 Å². The highest BCUT2D eigenvalue weighted by Crippen LogP contribution is 2.67. The van der Waals surface area contributed by atoms with Crippen molar-refractivity contribution in [2.75, 3.05) is 0 Å². The van der Waals surface area contributed by atoms with Crippen LogP contribution < -0.4 is 0 Å². The van der Waals surface area contributed by atoms with Crippen LogP contribution in [0.25, 0.3) is 0 Å². The molecule has 0 aromatic rings. The van der Waals surface area contributed by atoms with Crippen LogP contribution in [0.1, 0.15) is 58.3 Å². The van der Waals surface area contributed by atoms with Gasteiger partial charge in [-0.25, -0.2) is 0 Å². The molecule has 2 unspecified atom stereocenters. The van der Waals surface area contributed by atoms with E-state index in [2.05, 4.69) is 6.92 Å². The average molecular weight is 164 g/mol. The van der Waals surface area contributed by atoms with Gasteiger partial charge in [-0.1, -0.05) is 13.3 Å². The van der Waals surface area contributed by atoms with Crippen molar-refractivity contribution >= 4 is 0 Å². The molecule has 0 N–H and O–H groups in total. The van der Waals surface area contributed by atoms with E-state index in [0.717, 1.165) is 10.8 Å². The highest BCUT2D eigenvalue weighted by molar-refractivity contribution is 5.07. The van der Waals surface area contributed by atoms with Crippen LogP contribution in [0.3, 0.4) is 0 Å². The van der Waals surface area contributed by atoms with Gasteiger partial charge in [0.25, 0.3) is 0 Å². The van der Waals surface area contributed by atoms with Crippen LogP contribution in [-0.2, 0) is 0 Å². The van der Waals surface area contributed by atoms with E-state index in [-0.39, 0.29) is 0 Å². The lowest BCUT2D eigenvalue weighted by atomic mass is 9.91. The monoisotopic (exact) mass is 164 g/mol. The third kappa shape index (κ3) is 1.03. The minimum Gasteiger partial charge on any atom is -0.0596 e. The van der Waals surface area contributed by atoms with E-state index >= 15 is 0 Å². The molecule has 0 heteroatoms. The number of hydrogen-bond acceptors (Lipinski definition) is 0. The lowest BCUT2D eigenvalue weighted by Gasteiger charge is -2.14. The van der Waals surface area contributed by atoms with Crippen molar-refractivity contribution in [1.29, 1.82) is 0 Å². The van der Waals surface area contributed by atoms with Crippen molar-refractivity contribution in [2.24, 2.45) is 16.7 Å². The Labute approximate surface area is 75.7 Å². The topological polar surface area (TPSA) is 0 Å². The zero-order chi connectivity index (χ0) is 8.23. The minimum absolute atomic E-state index is 0.810. The summed E-state index contributed by atoms with van der Waals surface area (Å²) in [5, 5.41) is 0. The van der Waals surface area contributed by atoms with Crippen LogP contribution in [0.2, 0.25) is 0 Å². The van der Waals surface area contributed by atoms with E-state index in [1.165, 1.54) is 18.8 Å². The van der Waals surface area contributed by atoms with E-state index in [4.69, 9.17) is 0 Å². The first-order valence-corrected chi connectivity index (χ1v) is 5.73. The fourth-order valence-corrected chi connectivity index (χ4v) is 3.29. The van der Waals surface area contributed by atoms with Crippen molar-refractivity contribution in [1.82, 2.24) is 0 Å². The summed E-state index contributed by atoms with van der Waals surface area (Å²) in [5.41, 5.74) is 1.72. The van der Waals surface area contributed by atoms with Gasteiger partial charge in [-0.2, -0.15) is 0 Å². The first-order chi connectivity index (χ1) is 5.73. The second kappa shape index (κ2) is 2.08. The summed E-state index contributed by atoms with van der Waals surface area (Å²) in [5.74, 6) is 1.18. The summed E-state index contributed by atoms with van der Waals surface area (Å²) in [6, 6.07) is 0. The quantitative estimate of drug-likeness (QED) is 0.596. The summed E-state index contributed by atoms with van der Waals surface area (Å²) in [6.45, 7) is 2.48. The number of rotatable bonds is 3. The lowest BCUT2D eigenvalue weighted by Crippen LogP contribution is -2.03. The fourth-order valence-electron chi connectivity index (χ4n) is 3.29. The predicted molar refractivity (Wildman–Crippen MR) is 51.0 cm³/mol. The molecule has 0 bridgehead atoms. The van der Waals surface area contributed by atoms with Gasteiger partial charge in [0.15, 0.2) is 0 Å². The molecule has 0 radical (unpaired) electrons. The molecule has 0 aromatic heterocycles. The normalized spacial score (nSPS) is 47.2. The first-order valence-electron chi connectivity index (χ1n) is 5.73. The molecule has 3 saturated carbocycles. The molecule has 3 aliphatic carbocycles. The number of fused-ring (bicyclic) bond motifs is 1. The Balaban J connectivity index is 1.55. The Morgan fingerprint density at radius 2 is 2.00 bits per heavy atom. The molecule has 0 heterocycles. The van der Waals surface area contributed by atoms with Crippen LogP contribution in [-0.4, -0.2) is 0 Å². The second-order valence-electron chi connectivity index (χ2n) is 5.97. The molecule has 0 saturated heterocycles. The van der Waals surface area contributed by atoms with Gasteiger partial charge >= 0.3 is 0 Å². The van der Waals surface area contributed by atoms with Crippen molar-refractivity contribution in [3.63, 3.8) is 0 Å². The van der Waals surface area contributed by atoms with Gasteiger partial charge in [0.2, 0.25) is 0 Å². The largest absolute Gasteiger partial charge is 0.0596 e. The van der Waals surface area contributed by atoms with E-state index in [9.17, 15) is 0 Å². The van der Waals surface area contributed by atoms with Gasteiger partial charge in [-0.15, -0.1) is 0 Å². The Morgan fingerprint density at radius 1 is 1.17 bits per heavy atom. The summed E-state index contributed by atoms with van der Waals surface area (Å²) in [6.07, 6.45) is 12.5. The van der Waals surface area contributed by atoms with Crippen molar-refractivity contribution in [3.8, 4) is 0 Å². The van der Waals surface area contributed by atoms with Gasteiger partial charge in [-0.05, 0) is 61.7 Å². The molecule has 2 atom stereocenters. The van der Waals surface area contributed by atoms with Crippen LogP contribution in [0, 0.1) is 16.7 Å². The molecule has 0 amide bonds. The van der Waals surface area contributed by atoms with Gasteiger partial charge in [-0.3, -0.25) is 0 Å². The summed E-state index contributed by atoms with van der Waals surface area (Å²) < 4.78 is 0. The van der Waals surface area contributed by atoms with Crippen LogP contribution in [0.4, 0.5) is 0 Å². The highest BCUT2D eigenvalue weighted by Gasteiger charge is 2.56. The van der Waals surface area contributed by atoms with E-state index < -0.39 is 0 Å². The zero-order valence-corrected chi connectivity index (χ0v) is 8.23. The molecule has 0 aliphatic heterocycles. The summed E-state index contributed by atoms with van der Waals surface area (Å²) in [4.78, 5) is 0. The van der Waals surface area contributed by atoms with Gasteiger partial charge in [0, 0.05) is 0 Å². The van der Waals surface area contributed by atoms with E-state index in [0.29, 0.717) is 0 Å². The van der Waals surface area contributed by atoms with Crippen molar-refractivity contribution in [3.05, 3.63) is 0 Å². The summed E-state index contributed by atoms with van der Waals surface area (Å²) >= 11 is 0. The molecular formula is C12H20. The fraction of sp³-hybridized carbons (Fsp3) is 1.00. The SMILES string of the molecule is CC1(CCC23CCCC2C3)CC1. The van der Waals surface area contributed by atoms with Crippen LogP contribution in [0.5, 0.6) is 0 Å². The average Bonchev–Trinajstić information content (AvgIpc) is 2.93. The van der Waals surface area contributed by atoms with Gasteiger partial charge < -0.3 is 0 Å². The smallest absolute Gasteiger partial charge is 0.0266 e. The van der Waals surface area contributed by atoms with Crippen molar-refractivity contribution < 1.29 is 0 Å². The third-order valence-corrected chi connectivity index (χ3v) is 4.92. The Kier molecular flexibility index (Phi) is 1.28. The molecule has 3 fully saturated rings. The minimum atomic E-state index is 0.810. The Bertz CT molecular complexity index is 202. The Morgan fingerprint density at radius 3 is 2.50 bits per heavy atom. The van der Waals surface area contributed by atoms with Crippen LogP contribution in [0.15, 0.2) is 0 Å². The molecule has 12 heavy (non-hydrogen) atoms. The molecule has 0 spiro atoms. The number of hydrogen-bond donors (Lipinski definition) is 0. The third-order valence-electron chi connectivity index (χ3n) is 4.92. The molecule has 0 nitrogen and oxygen atoms in total. The molecule has 68 valence electrons. The maximum absolute atomic E-state index is 2.48. The lowest BCUT2D eigenvalue weighted by molar-refractivity contribution is 0.368. The van der Waals surface area contributed by atoms with E-state index in [1.807, 2.05) is 0 Å². The van der Waals surface area contributed by atoms with Crippen LogP contribution >= 0.6 is 0 Å². The molecule has 3 rings (SSSR count). The highest BCUT2D eigenvalue weighted by atomic mass is 14.6. The maximum Gasteiger partial charge on any atom is -0.0266 e. The second-order valence-corrected chi connectivity index (χ2v) is 5.97. The van der Waals surface area contributed by atoms with Gasteiger partial charge in [0.05, 0.1) is 0 Å². The van der Waals surface area contributed by atoms with Crippen molar-refractivity contribution in [2.45, 2.75) is 58.3 Å². The molecule has 3 aliphatic rings. The predicted octanol–water partition coefficient (Wildman–Crippen LogP) is 3.76.